The molecule has 1 unspecified atom stereocenters. The van der Waals surface area contributed by atoms with Gasteiger partial charge in [-0.15, -0.1) is 0 Å². The van der Waals surface area contributed by atoms with E-state index in [9.17, 15) is 9.50 Å². The maximum Gasteiger partial charge on any atom is 0.256 e. The van der Waals surface area contributed by atoms with E-state index in [-0.39, 0.29) is 5.82 Å². The van der Waals surface area contributed by atoms with Crippen molar-refractivity contribution in [2.24, 2.45) is 0 Å². The minimum absolute atomic E-state index is 0.338. The molecule has 5 rings (SSSR count). The zero-order chi connectivity index (χ0) is 19.1. The van der Waals surface area contributed by atoms with Gasteiger partial charge < -0.3 is 10.1 Å². The molecular formula is C23H16FNO3. The zero-order valence-corrected chi connectivity index (χ0v) is 14.7. The summed E-state index contributed by atoms with van der Waals surface area (Å²) in [7, 11) is 0. The normalized spacial score (nSPS) is 14.4. The lowest BCUT2D eigenvalue weighted by atomic mass is 9.91. The minimum atomic E-state index is -0.985. The molecule has 0 spiro atoms. The average molecular weight is 373 g/mol. The van der Waals surface area contributed by atoms with Crippen LogP contribution in [0.25, 0.3) is 22.2 Å². The standard InChI is InChI=1S/C23H16FNO3/c24-16-11-12-18-17(13-16)19-20(21(26)14-7-3-1-4-8-14)22(27-28-23(19)25-18)15-9-5-2-6-10-15/h1-13,21,25-26H. The molecule has 1 atom stereocenters. The Balaban J connectivity index is 1.81. The topological polar surface area (TPSA) is 54.5 Å². The molecule has 0 fully saturated rings. The summed E-state index contributed by atoms with van der Waals surface area (Å²) >= 11 is 0. The fraction of sp³-hybridized carbons (Fsp3) is 0.0435. The smallest absolute Gasteiger partial charge is 0.256 e. The number of nitrogens with one attached hydrogen (secondary N) is 1. The second-order valence-electron chi connectivity index (χ2n) is 6.61. The second-order valence-corrected chi connectivity index (χ2v) is 6.61. The van der Waals surface area contributed by atoms with Gasteiger partial charge in [-0.25, -0.2) is 4.39 Å². The Hall–Kier alpha value is -3.57. The molecule has 2 heterocycles. The van der Waals surface area contributed by atoms with Gasteiger partial charge >= 0.3 is 0 Å². The summed E-state index contributed by atoms with van der Waals surface area (Å²) in [5, 5.41) is 11.9. The van der Waals surface area contributed by atoms with Crippen molar-refractivity contribution in [3.8, 4) is 5.88 Å². The van der Waals surface area contributed by atoms with Crippen molar-refractivity contribution in [1.82, 2.24) is 4.98 Å². The van der Waals surface area contributed by atoms with Gasteiger partial charge in [0.15, 0.2) is 5.76 Å². The van der Waals surface area contributed by atoms with E-state index in [0.29, 0.717) is 39.2 Å². The van der Waals surface area contributed by atoms with Crippen LogP contribution in [-0.2, 0) is 4.89 Å². The van der Waals surface area contributed by atoms with Gasteiger partial charge in [0.25, 0.3) is 5.88 Å². The number of rotatable bonds is 3. The lowest BCUT2D eigenvalue weighted by Gasteiger charge is -2.24. The maximum atomic E-state index is 14.0. The fourth-order valence-corrected chi connectivity index (χ4v) is 3.57. The van der Waals surface area contributed by atoms with E-state index in [1.807, 2.05) is 60.7 Å². The molecule has 0 amide bonds. The van der Waals surface area contributed by atoms with Gasteiger partial charge in [0, 0.05) is 22.0 Å². The van der Waals surface area contributed by atoms with E-state index in [1.165, 1.54) is 12.1 Å². The van der Waals surface area contributed by atoms with Gasteiger partial charge in [0.1, 0.15) is 11.9 Å². The van der Waals surface area contributed by atoms with Gasteiger partial charge in [-0.2, -0.15) is 0 Å². The van der Waals surface area contributed by atoms with Gasteiger partial charge in [0.05, 0.1) is 5.56 Å². The Kier molecular flexibility index (Phi) is 3.88. The number of benzene rings is 3. The molecule has 2 N–H and O–H groups in total. The van der Waals surface area contributed by atoms with E-state index in [2.05, 4.69) is 4.98 Å². The van der Waals surface area contributed by atoms with E-state index in [4.69, 9.17) is 9.78 Å². The molecule has 28 heavy (non-hydrogen) atoms. The first-order chi connectivity index (χ1) is 13.7. The highest BCUT2D eigenvalue weighted by atomic mass is 19.1. The van der Waals surface area contributed by atoms with Crippen molar-refractivity contribution < 1.29 is 19.3 Å². The average Bonchev–Trinajstić information content (AvgIpc) is 3.11. The summed E-state index contributed by atoms with van der Waals surface area (Å²) in [6.07, 6.45) is -0.985. The predicted octanol–water partition coefficient (Wildman–Crippen LogP) is 5.23. The van der Waals surface area contributed by atoms with Gasteiger partial charge in [-0.1, -0.05) is 60.7 Å². The molecule has 0 saturated carbocycles. The Morgan fingerprint density at radius 2 is 1.57 bits per heavy atom. The van der Waals surface area contributed by atoms with Gasteiger partial charge in [-0.05, 0) is 23.8 Å². The van der Waals surface area contributed by atoms with Gasteiger partial charge in [0.2, 0.25) is 0 Å². The quantitative estimate of drug-likeness (QED) is 0.483. The molecule has 1 aromatic heterocycles. The van der Waals surface area contributed by atoms with Crippen molar-refractivity contribution in [3.63, 3.8) is 0 Å². The van der Waals surface area contributed by atoms with Crippen LogP contribution in [0.2, 0.25) is 0 Å². The predicted molar refractivity (Wildman–Crippen MR) is 105 cm³/mol. The van der Waals surface area contributed by atoms with Crippen LogP contribution in [0.4, 0.5) is 4.39 Å². The SMILES string of the molecule is OC(C1=C(c2ccccc2)OOc2[nH]c3ccc(F)cc3c21)c1ccccc1. The lowest BCUT2D eigenvalue weighted by molar-refractivity contribution is -0.139. The number of aliphatic hydroxyl groups excluding tert-OH is 1. The van der Waals surface area contributed by atoms with Gasteiger partial charge in [-0.3, -0.25) is 9.78 Å². The summed E-state index contributed by atoms with van der Waals surface area (Å²) in [6.45, 7) is 0. The first kappa shape index (κ1) is 16.6. The molecule has 0 radical (unpaired) electrons. The third-order valence-corrected chi connectivity index (χ3v) is 4.87. The zero-order valence-electron chi connectivity index (χ0n) is 14.7. The molecular weight excluding hydrogens is 357 g/mol. The van der Waals surface area contributed by atoms with Crippen LogP contribution in [0, 0.1) is 5.82 Å². The summed E-state index contributed by atoms with van der Waals surface area (Å²) in [4.78, 5) is 14.2. The van der Waals surface area contributed by atoms with E-state index >= 15 is 0 Å². The number of H-pyrrole nitrogens is 1. The largest absolute Gasteiger partial charge is 0.383 e. The van der Waals surface area contributed by atoms with Crippen molar-refractivity contribution in [1.29, 1.82) is 0 Å². The summed E-state index contributed by atoms with van der Waals surface area (Å²) in [6, 6.07) is 23.1. The minimum Gasteiger partial charge on any atom is -0.383 e. The first-order valence-electron chi connectivity index (χ1n) is 8.91. The number of hydrogen-bond acceptors (Lipinski definition) is 3. The van der Waals surface area contributed by atoms with Crippen molar-refractivity contribution in [2.75, 3.05) is 0 Å². The van der Waals surface area contributed by atoms with Crippen molar-refractivity contribution in [3.05, 3.63) is 101 Å². The highest BCUT2D eigenvalue weighted by Crippen LogP contribution is 2.47. The lowest BCUT2D eigenvalue weighted by Crippen LogP contribution is -2.13. The van der Waals surface area contributed by atoms with Crippen LogP contribution in [0.15, 0.2) is 78.9 Å². The van der Waals surface area contributed by atoms with E-state index < -0.39 is 6.10 Å². The maximum absolute atomic E-state index is 14.0. The molecule has 1 aliphatic rings. The number of halogens is 1. The van der Waals surface area contributed by atoms with E-state index in [1.54, 1.807) is 6.07 Å². The Morgan fingerprint density at radius 1 is 0.857 bits per heavy atom. The van der Waals surface area contributed by atoms with Crippen LogP contribution in [0.1, 0.15) is 22.8 Å². The molecule has 4 aromatic rings. The molecule has 5 heteroatoms. The Morgan fingerprint density at radius 3 is 2.32 bits per heavy atom. The highest BCUT2D eigenvalue weighted by Gasteiger charge is 2.33. The summed E-state index contributed by atoms with van der Waals surface area (Å²) < 4.78 is 14.0. The third kappa shape index (κ3) is 2.64. The molecule has 0 bridgehead atoms. The number of hydrogen-bond donors (Lipinski definition) is 2. The molecule has 4 nitrogen and oxygen atoms in total. The number of aliphatic hydroxyl groups is 1. The Labute approximate surface area is 160 Å². The summed E-state index contributed by atoms with van der Waals surface area (Å²) in [5.74, 6) is 0.371. The van der Waals surface area contributed by atoms with Crippen molar-refractivity contribution in [2.45, 2.75) is 6.10 Å². The monoisotopic (exact) mass is 373 g/mol. The van der Waals surface area contributed by atoms with Crippen LogP contribution >= 0.6 is 0 Å². The van der Waals surface area contributed by atoms with Crippen LogP contribution in [0.3, 0.4) is 0 Å². The van der Waals surface area contributed by atoms with Crippen LogP contribution in [0.5, 0.6) is 5.88 Å². The fourth-order valence-electron chi connectivity index (χ4n) is 3.57. The molecule has 0 aliphatic carbocycles. The first-order valence-corrected chi connectivity index (χ1v) is 8.91. The van der Waals surface area contributed by atoms with Crippen molar-refractivity contribution >= 4 is 22.2 Å². The van der Waals surface area contributed by atoms with Crippen LogP contribution in [-0.4, -0.2) is 10.1 Å². The number of fused-ring (bicyclic) bond motifs is 3. The molecule has 0 saturated heterocycles. The number of aromatic nitrogens is 1. The molecule has 1 aliphatic heterocycles. The highest BCUT2D eigenvalue weighted by molar-refractivity contribution is 6.03. The van der Waals surface area contributed by atoms with E-state index in [0.717, 1.165) is 5.56 Å². The second kappa shape index (κ2) is 6.55. The Bertz CT molecular complexity index is 1180. The third-order valence-electron chi connectivity index (χ3n) is 4.87. The molecule has 3 aromatic carbocycles. The number of aromatic amines is 1. The molecule has 138 valence electrons. The van der Waals surface area contributed by atoms with Crippen LogP contribution < -0.4 is 4.89 Å². The summed E-state index contributed by atoms with van der Waals surface area (Å²) in [5.41, 5.74) is 3.27.